The standard InChI is InChI=1S/C17H22N4O2S/c1-5-10-21-13(3)19-20-17(21)24-12(2)16(22)18-11-14-6-8-15(23-4)9-7-14/h5-9,12H,1,10-11H2,2-4H3,(H,18,22)/t12-/m1/s1. The number of methoxy groups -OCH3 is 1. The van der Waals surface area contributed by atoms with Crippen LogP contribution >= 0.6 is 11.8 Å². The second-order valence-electron chi connectivity index (χ2n) is 5.26. The van der Waals surface area contributed by atoms with Gasteiger partial charge in [0.2, 0.25) is 5.91 Å². The van der Waals surface area contributed by atoms with Crippen molar-refractivity contribution in [3.63, 3.8) is 0 Å². The summed E-state index contributed by atoms with van der Waals surface area (Å²) >= 11 is 1.39. The number of carbonyl (C=O) groups is 1. The molecular weight excluding hydrogens is 324 g/mol. The number of hydrogen-bond acceptors (Lipinski definition) is 5. The van der Waals surface area contributed by atoms with Crippen LogP contribution in [0.3, 0.4) is 0 Å². The topological polar surface area (TPSA) is 69.0 Å². The maximum atomic E-state index is 12.3. The molecule has 0 saturated heterocycles. The normalized spacial score (nSPS) is 11.8. The first-order valence-electron chi connectivity index (χ1n) is 7.63. The second kappa shape index (κ2) is 8.54. The zero-order valence-corrected chi connectivity index (χ0v) is 15.0. The molecule has 0 unspecified atom stereocenters. The molecule has 1 amide bonds. The molecule has 0 radical (unpaired) electrons. The third kappa shape index (κ3) is 4.61. The fourth-order valence-corrected chi connectivity index (χ4v) is 3.00. The van der Waals surface area contributed by atoms with Crippen molar-refractivity contribution in [2.45, 2.75) is 37.3 Å². The van der Waals surface area contributed by atoms with Gasteiger partial charge in [0.15, 0.2) is 5.16 Å². The number of nitrogens with zero attached hydrogens (tertiary/aromatic N) is 3. The molecule has 1 aromatic carbocycles. The van der Waals surface area contributed by atoms with E-state index in [1.165, 1.54) is 11.8 Å². The molecule has 1 aromatic heterocycles. The van der Waals surface area contributed by atoms with Gasteiger partial charge < -0.3 is 14.6 Å². The molecule has 0 aliphatic heterocycles. The lowest BCUT2D eigenvalue weighted by atomic mass is 10.2. The number of benzene rings is 1. The van der Waals surface area contributed by atoms with Crippen LogP contribution in [0.25, 0.3) is 0 Å². The Balaban J connectivity index is 1.91. The molecule has 0 fully saturated rings. The molecular formula is C17H22N4O2S. The van der Waals surface area contributed by atoms with Gasteiger partial charge in [-0.15, -0.1) is 16.8 Å². The van der Waals surface area contributed by atoms with Crippen LogP contribution in [0.2, 0.25) is 0 Å². The number of hydrogen-bond donors (Lipinski definition) is 1. The van der Waals surface area contributed by atoms with Crippen LogP contribution in [0.4, 0.5) is 0 Å². The molecule has 1 heterocycles. The van der Waals surface area contributed by atoms with Gasteiger partial charge in [-0.25, -0.2) is 0 Å². The van der Waals surface area contributed by atoms with Gasteiger partial charge in [0.05, 0.1) is 12.4 Å². The summed E-state index contributed by atoms with van der Waals surface area (Å²) in [5, 5.41) is 11.6. The monoisotopic (exact) mass is 346 g/mol. The van der Waals surface area contributed by atoms with Crippen molar-refractivity contribution in [2.24, 2.45) is 0 Å². The fourth-order valence-electron chi connectivity index (χ4n) is 2.08. The van der Waals surface area contributed by atoms with Gasteiger partial charge in [-0.3, -0.25) is 4.79 Å². The average molecular weight is 346 g/mol. The Kier molecular flexibility index (Phi) is 6.43. The van der Waals surface area contributed by atoms with E-state index in [-0.39, 0.29) is 11.2 Å². The number of ether oxygens (including phenoxy) is 1. The summed E-state index contributed by atoms with van der Waals surface area (Å²) in [6.07, 6.45) is 1.79. The summed E-state index contributed by atoms with van der Waals surface area (Å²) < 4.78 is 7.05. The van der Waals surface area contributed by atoms with Crippen molar-refractivity contribution >= 4 is 17.7 Å². The van der Waals surface area contributed by atoms with Crippen LogP contribution < -0.4 is 10.1 Å². The molecule has 128 valence electrons. The van der Waals surface area contributed by atoms with Gasteiger partial charge >= 0.3 is 0 Å². The molecule has 2 aromatic rings. The van der Waals surface area contributed by atoms with Crippen LogP contribution in [-0.2, 0) is 17.9 Å². The maximum absolute atomic E-state index is 12.3. The number of amides is 1. The van der Waals surface area contributed by atoms with E-state index in [0.717, 1.165) is 22.3 Å². The van der Waals surface area contributed by atoms with E-state index in [1.54, 1.807) is 13.2 Å². The largest absolute Gasteiger partial charge is 0.497 e. The number of carbonyl (C=O) groups excluding carboxylic acids is 1. The Bertz CT molecular complexity index is 697. The molecule has 1 N–H and O–H groups in total. The SMILES string of the molecule is C=CCn1c(C)nnc1S[C@H](C)C(=O)NCc1ccc(OC)cc1. The smallest absolute Gasteiger partial charge is 0.233 e. The number of aryl methyl sites for hydroxylation is 1. The van der Waals surface area contributed by atoms with E-state index < -0.39 is 0 Å². The minimum absolute atomic E-state index is 0.0402. The number of rotatable bonds is 8. The Morgan fingerprint density at radius 2 is 2.12 bits per heavy atom. The Labute approximate surface area is 146 Å². The van der Waals surface area contributed by atoms with E-state index in [4.69, 9.17) is 4.74 Å². The lowest BCUT2D eigenvalue weighted by molar-refractivity contribution is -0.120. The molecule has 24 heavy (non-hydrogen) atoms. The minimum Gasteiger partial charge on any atom is -0.497 e. The lowest BCUT2D eigenvalue weighted by Crippen LogP contribution is -2.30. The summed E-state index contributed by atoms with van der Waals surface area (Å²) in [5.41, 5.74) is 1.02. The average Bonchev–Trinajstić information content (AvgIpc) is 2.93. The molecule has 0 aliphatic carbocycles. The van der Waals surface area contributed by atoms with Crippen molar-refractivity contribution in [1.82, 2.24) is 20.1 Å². The van der Waals surface area contributed by atoms with Gasteiger partial charge in [-0.1, -0.05) is 30.0 Å². The zero-order chi connectivity index (χ0) is 17.5. The quantitative estimate of drug-likeness (QED) is 0.588. The maximum Gasteiger partial charge on any atom is 0.233 e. The van der Waals surface area contributed by atoms with E-state index >= 15 is 0 Å². The highest BCUT2D eigenvalue weighted by Crippen LogP contribution is 2.22. The van der Waals surface area contributed by atoms with E-state index in [0.29, 0.717) is 13.1 Å². The first-order valence-corrected chi connectivity index (χ1v) is 8.51. The highest BCUT2D eigenvalue weighted by Gasteiger charge is 2.18. The van der Waals surface area contributed by atoms with E-state index in [1.807, 2.05) is 42.7 Å². The highest BCUT2D eigenvalue weighted by atomic mass is 32.2. The number of aromatic nitrogens is 3. The molecule has 7 heteroatoms. The zero-order valence-electron chi connectivity index (χ0n) is 14.2. The summed E-state index contributed by atoms with van der Waals surface area (Å²) in [5.74, 6) is 1.57. The first-order chi connectivity index (χ1) is 11.5. The predicted molar refractivity (Wildman–Crippen MR) is 95.1 cm³/mol. The van der Waals surface area contributed by atoms with Gasteiger partial charge in [-0.05, 0) is 31.5 Å². The summed E-state index contributed by atoms with van der Waals surface area (Å²) in [7, 11) is 1.63. The molecule has 1 atom stereocenters. The Hall–Kier alpha value is -2.28. The molecule has 0 saturated carbocycles. The number of nitrogens with one attached hydrogen (secondary N) is 1. The predicted octanol–water partition coefficient (Wildman–Crippen LogP) is 2.58. The number of allylic oxidation sites excluding steroid dienone is 1. The molecule has 2 rings (SSSR count). The van der Waals surface area contributed by atoms with Crippen LogP contribution in [-0.4, -0.2) is 33.0 Å². The van der Waals surface area contributed by atoms with Crippen LogP contribution in [0.15, 0.2) is 42.1 Å². The minimum atomic E-state index is -0.268. The summed E-state index contributed by atoms with van der Waals surface area (Å²) in [6.45, 7) is 8.58. The van der Waals surface area contributed by atoms with Crippen LogP contribution in [0.5, 0.6) is 5.75 Å². The molecule has 6 nitrogen and oxygen atoms in total. The van der Waals surface area contributed by atoms with E-state index in [2.05, 4.69) is 22.1 Å². The van der Waals surface area contributed by atoms with E-state index in [9.17, 15) is 4.79 Å². The van der Waals surface area contributed by atoms with Gasteiger partial charge in [0, 0.05) is 13.1 Å². The Morgan fingerprint density at radius 1 is 1.42 bits per heavy atom. The van der Waals surface area contributed by atoms with Gasteiger partial charge in [0.25, 0.3) is 0 Å². The van der Waals surface area contributed by atoms with Crippen molar-refractivity contribution in [3.8, 4) is 5.75 Å². The van der Waals surface area contributed by atoms with Crippen molar-refractivity contribution in [2.75, 3.05) is 7.11 Å². The third-order valence-electron chi connectivity index (χ3n) is 3.49. The molecule has 0 bridgehead atoms. The lowest BCUT2D eigenvalue weighted by Gasteiger charge is -2.12. The second-order valence-corrected chi connectivity index (χ2v) is 6.56. The summed E-state index contributed by atoms with van der Waals surface area (Å²) in [6, 6.07) is 7.61. The number of thioether (sulfide) groups is 1. The Morgan fingerprint density at radius 3 is 2.75 bits per heavy atom. The van der Waals surface area contributed by atoms with Gasteiger partial charge in [-0.2, -0.15) is 0 Å². The first kappa shape index (κ1) is 18.1. The fraction of sp³-hybridized carbons (Fsp3) is 0.353. The van der Waals surface area contributed by atoms with Crippen molar-refractivity contribution < 1.29 is 9.53 Å². The molecule has 0 aliphatic rings. The van der Waals surface area contributed by atoms with Crippen molar-refractivity contribution in [3.05, 3.63) is 48.3 Å². The summed E-state index contributed by atoms with van der Waals surface area (Å²) in [4.78, 5) is 12.3. The molecule has 0 spiro atoms. The van der Waals surface area contributed by atoms with Gasteiger partial charge in [0.1, 0.15) is 11.6 Å². The van der Waals surface area contributed by atoms with Crippen molar-refractivity contribution in [1.29, 1.82) is 0 Å². The van der Waals surface area contributed by atoms with Crippen LogP contribution in [0.1, 0.15) is 18.3 Å². The highest BCUT2D eigenvalue weighted by molar-refractivity contribution is 8.00. The third-order valence-corrected chi connectivity index (χ3v) is 4.57. The van der Waals surface area contributed by atoms with Crippen LogP contribution in [0, 0.1) is 6.92 Å².